The molecule has 7 nitrogen and oxygen atoms in total. The molecule has 3 heterocycles. The largest absolute Gasteiger partial charge is 0.490 e. The Kier molecular flexibility index (Phi) is 4.68. The number of alkyl halides is 3. The Balaban J connectivity index is 1.39. The third-order valence-corrected chi connectivity index (χ3v) is 5.15. The molecule has 0 radical (unpaired) electrons. The normalized spacial score (nSPS) is 15.9. The number of para-hydroxylation sites is 1. The van der Waals surface area contributed by atoms with Crippen LogP contribution in [0.25, 0.3) is 10.8 Å². The first-order valence-electron chi connectivity index (χ1n) is 8.19. The summed E-state index contributed by atoms with van der Waals surface area (Å²) in [7, 11) is 0. The van der Waals surface area contributed by atoms with Crippen LogP contribution in [0.3, 0.4) is 0 Å². The minimum Gasteiger partial charge on any atom is -0.490 e. The smallest absolute Gasteiger partial charge is 0.419 e. The first-order chi connectivity index (χ1) is 13.0. The third kappa shape index (κ3) is 3.87. The fourth-order valence-electron chi connectivity index (χ4n) is 2.85. The number of nitrogens with zero attached hydrogens (tertiary/aromatic N) is 5. The van der Waals surface area contributed by atoms with Crippen molar-refractivity contribution < 1.29 is 22.4 Å². The maximum absolute atomic E-state index is 13.1. The molecular weight excluding hydrogens is 383 g/mol. The van der Waals surface area contributed by atoms with Crippen LogP contribution >= 0.6 is 11.3 Å². The molecule has 0 aliphatic carbocycles. The maximum Gasteiger partial charge on any atom is 0.419 e. The lowest BCUT2D eigenvalue weighted by atomic mass is 10.1. The SMILES string of the molecule is FC(F)(F)c1ccccc1OC1CCN(c2nnc(-c3ncon3)s2)CC1. The van der Waals surface area contributed by atoms with E-state index in [1.807, 2.05) is 4.90 Å². The van der Waals surface area contributed by atoms with Crippen LogP contribution in [-0.2, 0) is 6.18 Å². The van der Waals surface area contributed by atoms with E-state index in [-0.39, 0.29) is 11.9 Å². The molecule has 2 aromatic heterocycles. The predicted octanol–water partition coefficient (Wildman–Crippen LogP) is 3.65. The molecule has 1 saturated heterocycles. The molecule has 0 atom stereocenters. The Hall–Kier alpha value is -2.69. The standard InChI is InChI=1S/C16H14F3N5O2S/c17-16(18,19)11-3-1-2-4-12(11)26-10-5-7-24(8-6-10)15-22-21-14(27-15)13-20-9-25-23-13/h1-4,9-10H,5-8H2. The molecule has 1 aromatic carbocycles. The van der Waals surface area contributed by atoms with E-state index in [0.717, 1.165) is 6.07 Å². The van der Waals surface area contributed by atoms with Crippen LogP contribution in [0.5, 0.6) is 5.75 Å². The lowest BCUT2D eigenvalue weighted by molar-refractivity contribution is -0.139. The van der Waals surface area contributed by atoms with Crippen LogP contribution in [0.2, 0.25) is 0 Å². The first kappa shape index (κ1) is 17.7. The highest BCUT2D eigenvalue weighted by atomic mass is 32.1. The highest BCUT2D eigenvalue weighted by Crippen LogP contribution is 2.37. The van der Waals surface area contributed by atoms with Gasteiger partial charge in [-0.05, 0) is 12.1 Å². The van der Waals surface area contributed by atoms with Crippen molar-refractivity contribution in [2.45, 2.75) is 25.1 Å². The highest BCUT2D eigenvalue weighted by molar-refractivity contribution is 7.18. The number of rotatable bonds is 4. The van der Waals surface area contributed by atoms with Crippen LogP contribution in [0.15, 0.2) is 35.2 Å². The Morgan fingerprint density at radius 1 is 1.15 bits per heavy atom. The lowest BCUT2D eigenvalue weighted by Gasteiger charge is -2.32. The van der Waals surface area contributed by atoms with Crippen molar-refractivity contribution in [1.82, 2.24) is 20.3 Å². The summed E-state index contributed by atoms with van der Waals surface area (Å²) in [6.07, 6.45) is -2.32. The summed E-state index contributed by atoms with van der Waals surface area (Å²) < 4.78 is 49.6. The number of benzene rings is 1. The zero-order valence-corrected chi connectivity index (χ0v) is 14.7. The van der Waals surface area contributed by atoms with E-state index in [1.165, 1.54) is 29.9 Å². The van der Waals surface area contributed by atoms with Gasteiger partial charge in [0, 0.05) is 25.9 Å². The van der Waals surface area contributed by atoms with Gasteiger partial charge < -0.3 is 14.2 Å². The average Bonchev–Trinajstić information content (AvgIpc) is 3.34. The first-order valence-corrected chi connectivity index (χ1v) is 9.00. The fraction of sp³-hybridized carbons (Fsp3) is 0.375. The number of halogens is 3. The van der Waals surface area contributed by atoms with Gasteiger partial charge in [-0.2, -0.15) is 18.2 Å². The van der Waals surface area contributed by atoms with Crippen molar-refractivity contribution in [3.8, 4) is 16.6 Å². The fourth-order valence-corrected chi connectivity index (χ4v) is 3.68. The Morgan fingerprint density at radius 3 is 2.63 bits per heavy atom. The molecule has 11 heteroatoms. The number of anilines is 1. The van der Waals surface area contributed by atoms with Crippen molar-refractivity contribution in [2.75, 3.05) is 18.0 Å². The van der Waals surface area contributed by atoms with E-state index in [9.17, 15) is 13.2 Å². The van der Waals surface area contributed by atoms with Gasteiger partial charge in [0.15, 0.2) is 5.01 Å². The van der Waals surface area contributed by atoms with Crippen molar-refractivity contribution in [3.05, 3.63) is 36.2 Å². The van der Waals surface area contributed by atoms with Gasteiger partial charge in [-0.15, -0.1) is 10.2 Å². The average molecular weight is 397 g/mol. The van der Waals surface area contributed by atoms with Crippen molar-refractivity contribution in [2.24, 2.45) is 0 Å². The summed E-state index contributed by atoms with van der Waals surface area (Å²) in [5.74, 6) is 0.250. The second-order valence-electron chi connectivity index (χ2n) is 5.94. The number of hydrogen-bond donors (Lipinski definition) is 0. The minimum atomic E-state index is -4.44. The second-order valence-corrected chi connectivity index (χ2v) is 6.90. The van der Waals surface area contributed by atoms with Crippen LogP contribution in [0, 0.1) is 0 Å². The van der Waals surface area contributed by atoms with Gasteiger partial charge in [0.1, 0.15) is 11.9 Å². The molecule has 4 rings (SSSR count). The van der Waals surface area contributed by atoms with Crippen LogP contribution in [0.1, 0.15) is 18.4 Å². The summed E-state index contributed by atoms with van der Waals surface area (Å²) in [6.45, 7) is 1.22. The van der Waals surface area contributed by atoms with Crippen LogP contribution in [-0.4, -0.2) is 39.5 Å². The van der Waals surface area contributed by atoms with Crippen LogP contribution in [0.4, 0.5) is 18.3 Å². The molecule has 1 fully saturated rings. The summed E-state index contributed by atoms with van der Waals surface area (Å²) in [5, 5.41) is 13.2. The zero-order valence-electron chi connectivity index (χ0n) is 13.9. The molecule has 0 saturated carbocycles. The summed E-state index contributed by atoms with van der Waals surface area (Å²) in [6, 6.07) is 5.29. The van der Waals surface area contributed by atoms with Gasteiger partial charge in [-0.25, -0.2) is 0 Å². The van der Waals surface area contributed by atoms with E-state index in [1.54, 1.807) is 6.07 Å². The summed E-state index contributed by atoms with van der Waals surface area (Å²) >= 11 is 1.34. The summed E-state index contributed by atoms with van der Waals surface area (Å²) in [4.78, 5) is 5.96. The van der Waals surface area contributed by atoms with Gasteiger partial charge in [-0.1, -0.05) is 28.6 Å². The second kappa shape index (κ2) is 7.14. The molecule has 0 amide bonds. The molecule has 0 unspecified atom stereocenters. The van der Waals surface area contributed by atoms with E-state index in [0.29, 0.717) is 41.9 Å². The molecule has 1 aliphatic heterocycles. The predicted molar refractivity (Wildman–Crippen MR) is 90.5 cm³/mol. The zero-order chi connectivity index (χ0) is 18.9. The van der Waals surface area contributed by atoms with E-state index in [4.69, 9.17) is 9.26 Å². The number of aromatic nitrogens is 4. The molecule has 0 N–H and O–H groups in total. The van der Waals surface area contributed by atoms with Gasteiger partial charge in [0.2, 0.25) is 17.3 Å². The molecule has 0 bridgehead atoms. The van der Waals surface area contributed by atoms with Crippen molar-refractivity contribution >= 4 is 16.5 Å². The maximum atomic E-state index is 13.1. The molecule has 27 heavy (non-hydrogen) atoms. The van der Waals surface area contributed by atoms with E-state index < -0.39 is 11.7 Å². The molecule has 0 spiro atoms. The minimum absolute atomic E-state index is 0.126. The molecule has 142 valence electrons. The van der Waals surface area contributed by atoms with Gasteiger partial charge >= 0.3 is 6.18 Å². The van der Waals surface area contributed by atoms with Crippen molar-refractivity contribution in [1.29, 1.82) is 0 Å². The third-order valence-electron chi connectivity index (χ3n) is 4.17. The number of piperidine rings is 1. The van der Waals surface area contributed by atoms with Gasteiger partial charge in [0.05, 0.1) is 5.56 Å². The van der Waals surface area contributed by atoms with Crippen molar-refractivity contribution in [3.63, 3.8) is 0 Å². The van der Waals surface area contributed by atoms with E-state index in [2.05, 4.69) is 20.3 Å². The summed E-state index contributed by atoms with van der Waals surface area (Å²) in [5.41, 5.74) is -0.749. The quantitative estimate of drug-likeness (QED) is 0.665. The van der Waals surface area contributed by atoms with Gasteiger partial charge in [-0.3, -0.25) is 0 Å². The Bertz CT molecular complexity index is 892. The monoisotopic (exact) mass is 397 g/mol. The lowest BCUT2D eigenvalue weighted by Crippen LogP contribution is -2.38. The Labute approximate surface area is 155 Å². The van der Waals surface area contributed by atoms with Crippen LogP contribution < -0.4 is 9.64 Å². The molecule has 1 aliphatic rings. The molecule has 3 aromatic rings. The van der Waals surface area contributed by atoms with Gasteiger partial charge in [0.25, 0.3) is 0 Å². The number of ether oxygens (including phenoxy) is 1. The highest BCUT2D eigenvalue weighted by Gasteiger charge is 2.35. The van der Waals surface area contributed by atoms with E-state index >= 15 is 0 Å². The number of hydrogen-bond acceptors (Lipinski definition) is 8. The molecular formula is C16H14F3N5O2S. The topological polar surface area (TPSA) is 77.2 Å². The Morgan fingerprint density at radius 2 is 1.93 bits per heavy atom.